The van der Waals surface area contributed by atoms with Crippen molar-refractivity contribution >= 4 is 27.3 Å². The fraction of sp³-hybridized carbons (Fsp3) is 0.421. The van der Waals surface area contributed by atoms with E-state index in [4.69, 9.17) is 0 Å². The third-order valence-electron chi connectivity index (χ3n) is 4.09. The molecule has 142 valence electrons. The third kappa shape index (κ3) is 5.65. The van der Waals surface area contributed by atoms with Gasteiger partial charge in [0, 0.05) is 11.3 Å². The highest BCUT2D eigenvalue weighted by Gasteiger charge is 2.15. The molecule has 0 unspecified atom stereocenters. The Morgan fingerprint density at radius 1 is 1.08 bits per heavy atom. The zero-order valence-corrected chi connectivity index (χ0v) is 17.3. The maximum absolute atomic E-state index is 12.0. The first-order chi connectivity index (χ1) is 12.1. The first kappa shape index (κ1) is 20.6. The predicted molar refractivity (Wildman–Crippen MR) is 106 cm³/mol. The minimum absolute atomic E-state index is 0.0451. The molecule has 7 heteroatoms. The molecule has 2 rings (SSSR count). The summed E-state index contributed by atoms with van der Waals surface area (Å²) in [5, 5.41) is 2.84. The summed E-state index contributed by atoms with van der Waals surface area (Å²) >= 11 is 1.16. The molecule has 0 aliphatic rings. The number of rotatable bonds is 7. The van der Waals surface area contributed by atoms with Crippen molar-refractivity contribution in [2.24, 2.45) is 0 Å². The number of carbonyl (C=O) groups excluding carboxylic acids is 1. The Bertz CT molecular complexity index is 848. The van der Waals surface area contributed by atoms with Crippen LogP contribution in [0.3, 0.4) is 0 Å². The smallest absolute Gasteiger partial charge is 0.249 e. The summed E-state index contributed by atoms with van der Waals surface area (Å²) in [4.78, 5) is 12.8. The van der Waals surface area contributed by atoms with Gasteiger partial charge in [0.1, 0.15) is 4.21 Å². The Morgan fingerprint density at radius 3 is 2.31 bits per heavy atom. The van der Waals surface area contributed by atoms with Crippen LogP contribution in [-0.4, -0.2) is 21.4 Å². The van der Waals surface area contributed by atoms with Gasteiger partial charge in [0.2, 0.25) is 15.9 Å². The van der Waals surface area contributed by atoms with Crippen molar-refractivity contribution in [1.82, 2.24) is 10.0 Å². The molecule has 2 N–H and O–H groups in total. The van der Waals surface area contributed by atoms with Gasteiger partial charge >= 0.3 is 0 Å². The first-order valence-electron chi connectivity index (χ1n) is 8.50. The molecule has 26 heavy (non-hydrogen) atoms. The van der Waals surface area contributed by atoms with E-state index < -0.39 is 10.0 Å². The summed E-state index contributed by atoms with van der Waals surface area (Å²) in [5.41, 5.74) is 2.53. The monoisotopic (exact) mass is 394 g/mol. The van der Waals surface area contributed by atoms with E-state index in [0.29, 0.717) is 19.4 Å². The largest absolute Gasteiger partial charge is 0.351 e. The topological polar surface area (TPSA) is 75.3 Å². The predicted octanol–water partition coefficient (Wildman–Crippen LogP) is 3.20. The van der Waals surface area contributed by atoms with Gasteiger partial charge in [-0.3, -0.25) is 4.79 Å². The Labute approximate surface area is 159 Å². The number of nitrogens with one attached hydrogen (secondary N) is 2. The fourth-order valence-electron chi connectivity index (χ4n) is 2.40. The number of hydrogen-bond donors (Lipinski definition) is 2. The number of carbonyl (C=O) groups is 1. The zero-order valence-electron chi connectivity index (χ0n) is 15.6. The average molecular weight is 395 g/mol. The molecule has 1 aromatic heterocycles. The van der Waals surface area contributed by atoms with E-state index in [0.717, 1.165) is 21.8 Å². The van der Waals surface area contributed by atoms with Crippen molar-refractivity contribution in [2.45, 2.75) is 49.8 Å². The molecule has 1 aromatic carbocycles. The number of hydrogen-bond acceptors (Lipinski definition) is 4. The van der Waals surface area contributed by atoms with Crippen molar-refractivity contribution in [2.75, 3.05) is 7.05 Å². The first-order valence-corrected chi connectivity index (χ1v) is 10.8. The molecule has 0 aliphatic heterocycles. The average Bonchev–Trinajstić information content (AvgIpc) is 3.07. The van der Waals surface area contributed by atoms with E-state index >= 15 is 0 Å². The van der Waals surface area contributed by atoms with E-state index in [-0.39, 0.29) is 15.5 Å². The lowest BCUT2D eigenvalue weighted by atomic mass is 9.86. The second-order valence-corrected chi connectivity index (χ2v) is 10.4. The minimum Gasteiger partial charge on any atom is -0.351 e. The SMILES string of the molecule is CNS(=O)(=O)c1ccc(CNC(=O)CCc2ccc(C(C)(C)C)cc2)s1. The van der Waals surface area contributed by atoms with Gasteiger partial charge in [0.15, 0.2) is 0 Å². The summed E-state index contributed by atoms with van der Waals surface area (Å²) < 4.78 is 26.0. The van der Waals surface area contributed by atoms with Crippen LogP contribution in [-0.2, 0) is 33.2 Å². The Hall–Kier alpha value is -1.70. The zero-order chi connectivity index (χ0) is 19.4. The van der Waals surface area contributed by atoms with Crippen LogP contribution in [0.1, 0.15) is 43.2 Å². The lowest BCUT2D eigenvalue weighted by Crippen LogP contribution is -2.22. The Morgan fingerprint density at radius 2 is 1.73 bits per heavy atom. The maximum Gasteiger partial charge on any atom is 0.249 e. The van der Waals surface area contributed by atoms with Gasteiger partial charge in [-0.05, 0) is 42.1 Å². The molecule has 1 heterocycles. The molecule has 0 atom stereocenters. The number of sulfonamides is 1. The highest BCUT2D eigenvalue weighted by atomic mass is 32.2. The molecule has 5 nitrogen and oxygen atoms in total. The van der Waals surface area contributed by atoms with Crippen LogP contribution < -0.4 is 10.0 Å². The van der Waals surface area contributed by atoms with Crippen molar-refractivity contribution < 1.29 is 13.2 Å². The van der Waals surface area contributed by atoms with Crippen molar-refractivity contribution in [1.29, 1.82) is 0 Å². The van der Waals surface area contributed by atoms with Gasteiger partial charge in [-0.2, -0.15) is 0 Å². The van der Waals surface area contributed by atoms with E-state index in [2.05, 4.69) is 55.1 Å². The van der Waals surface area contributed by atoms with Gasteiger partial charge in [-0.15, -0.1) is 11.3 Å². The second-order valence-electron chi connectivity index (χ2n) is 7.15. The summed E-state index contributed by atoms with van der Waals surface area (Å²) in [6.07, 6.45) is 1.09. The summed E-state index contributed by atoms with van der Waals surface area (Å²) in [7, 11) is -2.04. The van der Waals surface area contributed by atoms with Crippen molar-refractivity contribution in [3.63, 3.8) is 0 Å². The van der Waals surface area contributed by atoms with Crippen LogP contribution in [0.15, 0.2) is 40.6 Å². The molecular weight excluding hydrogens is 368 g/mol. The highest BCUT2D eigenvalue weighted by Crippen LogP contribution is 2.23. The Balaban J connectivity index is 1.82. The second kappa shape index (κ2) is 8.33. The van der Waals surface area contributed by atoms with Gasteiger partial charge in [0.25, 0.3) is 0 Å². The molecule has 0 bridgehead atoms. The quantitative estimate of drug-likeness (QED) is 0.757. The van der Waals surface area contributed by atoms with Gasteiger partial charge in [-0.1, -0.05) is 45.0 Å². The lowest BCUT2D eigenvalue weighted by Gasteiger charge is -2.19. The van der Waals surface area contributed by atoms with Crippen LogP contribution in [0.25, 0.3) is 0 Å². The third-order valence-corrected chi connectivity index (χ3v) is 7.08. The molecule has 0 saturated carbocycles. The van der Waals surface area contributed by atoms with E-state index in [1.54, 1.807) is 12.1 Å². The van der Waals surface area contributed by atoms with Crippen LogP contribution in [0.2, 0.25) is 0 Å². The maximum atomic E-state index is 12.0. The molecular formula is C19H26N2O3S2. The van der Waals surface area contributed by atoms with Crippen molar-refractivity contribution in [3.8, 4) is 0 Å². The normalized spacial score (nSPS) is 12.2. The van der Waals surface area contributed by atoms with Crippen LogP contribution in [0.4, 0.5) is 0 Å². The van der Waals surface area contributed by atoms with Gasteiger partial charge < -0.3 is 5.32 Å². The number of aryl methyl sites for hydroxylation is 1. The van der Waals surface area contributed by atoms with Gasteiger partial charge in [-0.25, -0.2) is 13.1 Å². The number of benzene rings is 1. The highest BCUT2D eigenvalue weighted by molar-refractivity contribution is 7.91. The molecule has 0 radical (unpaired) electrons. The van der Waals surface area contributed by atoms with E-state index in [1.165, 1.54) is 12.6 Å². The van der Waals surface area contributed by atoms with Crippen molar-refractivity contribution in [3.05, 3.63) is 52.4 Å². The molecule has 0 aliphatic carbocycles. The fourth-order valence-corrected chi connectivity index (χ4v) is 4.53. The standard InChI is InChI=1S/C19H26N2O3S2/c1-19(2,3)15-8-5-14(6-9-15)7-11-17(22)21-13-16-10-12-18(25-16)26(23,24)20-4/h5-6,8-10,12,20H,7,11,13H2,1-4H3,(H,21,22). The minimum atomic E-state index is -3.42. The molecule has 0 spiro atoms. The van der Waals surface area contributed by atoms with Crippen LogP contribution >= 0.6 is 11.3 Å². The summed E-state index contributed by atoms with van der Waals surface area (Å²) in [5.74, 6) is -0.0451. The molecule has 2 aromatic rings. The van der Waals surface area contributed by atoms with Crippen LogP contribution in [0, 0.1) is 0 Å². The summed E-state index contributed by atoms with van der Waals surface area (Å²) in [6, 6.07) is 11.6. The summed E-state index contributed by atoms with van der Waals surface area (Å²) in [6.45, 7) is 6.86. The van der Waals surface area contributed by atoms with Gasteiger partial charge in [0.05, 0.1) is 6.54 Å². The Kier molecular flexibility index (Phi) is 6.60. The van der Waals surface area contributed by atoms with E-state index in [9.17, 15) is 13.2 Å². The number of thiophene rings is 1. The van der Waals surface area contributed by atoms with Crippen LogP contribution in [0.5, 0.6) is 0 Å². The van der Waals surface area contributed by atoms with E-state index in [1.807, 2.05) is 0 Å². The molecule has 0 saturated heterocycles. The lowest BCUT2D eigenvalue weighted by molar-refractivity contribution is -0.121. The molecule has 0 fully saturated rings. The molecule has 1 amide bonds. The number of amides is 1.